The van der Waals surface area contributed by atoms with Gasteiger partial charge in [0.1, 0.15) is 5.82 Å². The van der Waals surface area contributed by atoms with Gasteiger partial charge in [0.25, 0.3) is 0 Å². The number of rotatable bonds is 5. The van der Waals surface area contributed by atoms with Crippen LogP contribution in [0.25, 0.3) is 0 Å². The number of carbonyl (C=O) groups is 1. The minimum Gasteiger partial charge on any atom is -0.478 e. The van der Waals surface area contributed by atoms with Crippen molar-refractivity contribution < 1.29 is 13.9 Å². The Morgan fingerprint density at radius 1 is 1.28 bits per heavy atom. The second-order valence-electron chi connectivity index (χ2n) is 6.53. The standard InChI is InChI=1S/C20H23FN2O2/c1-3-25-18-14(2)12-17(13-22-18)23-19(24)20(10-4-5-11-20)15-6-8-16(21)9-7-15/h6-9,12-13H,3-5,10-11H2,1-2H3,(H,23,24). The van der Waals surface area contributed by atoms with Gasteiger partial charge in [-0.2, -0.15) is 0 Å². The molecule has 1 aromatic heterocycles. The summed E-state index contributed by atoms with van der Waals surface area (Å²) in [6.07, 6.45) is 5.14. The van der Waals surface area contributed by atoms with Crippen LogP contribution in [0.3, 0.4) is 0 Å². The third-order valence-electron chi connectivity index (χ3n) is 4.86. The molecule has 1 amide bonds. The van der Waals surface area contributed by atoms with Crippen molar-refractivity contribution in [1.82, 2.24) is 4.98 Å². The number of nitrogens with one attached hydrogen (secondary N) is 1. The molecule has 3 rings (SSSR count). The van der Waals surface area contributed by atoms with Gasteiger partial charge in [-0.1, -0.05) is 25.0 Å². The lowest BCUT2D eigenvalue weighted by Gasteiger charge is -2.28. The molecule has 1 aliphatic carbocycles. The van der Waals surface area contributed by atoms with Crippen LogP contribution in [0.5, 0.6) is 5.88 Å². The van der Waals surface area contributed by atoms with Crippen molar-refractivity contribution in [3.8, 4) is 5.88 Å². The lowest BCUT2D eigenvalue weighted by atomic mass is 9.78. The minimum absolute atomic E-state index is 0.0537. The van der Waals surface area contributed by atoms with Gasteiger partial charge in [0, 0.05) is 5.56 Å². The molecule has 0 spiro atoms. The molecule has 5 heteroatoms. The van der Waals surface area contributed by atoms with Gasteiger partial charge >= 0.3 is 0 Å². The van der Waals surface area contributed by atoms with Crippen molar-refractivity contribution in [2.75, 3.05) is 11.9 Å². The fourth-order valence-electron chi connectivity index (χ4n) is 3.56. The number of amides is 1. The lowest BCUT2D eigenvalue weighted by molar-refractivity contribution is -0.121. The molecule has 25 heavy (non-hydrogen) atoms. The normalized spacial score (nSPS) is 15.8. The van der Waals surface area contributed by atoms with E-state index in [-0.39, 0.29) is 11.7 Å². The summed E-state index contributed by atoms with van der Waals surface area (Å²) in [6, 6.07) is 8.16. The third kappa shape index (κ3) is 3.50. The van der Waals surface area contributed by atoms with Crippen LogP contribution in [0.2, 0.25) is 0 Å². The van der Waals surface area contributed by atoms with Crippen LogP contribution in [-0.4, -0.2) is 17.5 Å². The second kappa shape index (κ2) is 7.21. The van der Waals surface area contributed by atoms with Crippen molar-refractivity contribution in [3.63, 3.8) is 0 Å². The summed E-state index contributed by atoms with van der Waals surface area (Å²) in [5, 5.41) is 3.00. The number of anilines is 1. The molecule has 0 atom stereocenters. The zero-order valence-electron chi connectivity index (χ0n) is 14.6. The van der Waals surface area contributed by atoms with Gasteiger partial charge in [0.15, 0.2) is 0 Å². The number of nitrogens with zero attached hydrogens (tertiary/aromatic N) is 1. The number of ether oxygens (including phenoxy) is 1. The molecule has 132 valence electrons. The summed E-state index contributed by atoms with van der Waals surface area (Å²) < 4.78 is 18.7. The number of pyridine rings is 1. The third-order valence-corrected chi connectivity index (χ3v) is 4.86. The maximum atomic E-state index is 13.3. The van der Waals surface area contributed by atoms with Crippen LogP contribution in [0.4, 0.5) is 10.1 Å². The topological polar surface area (TPSA) is 51.2 Å². The highest BCUT2D eigenvalue weighted by Crippen LogP contribution is 2.42. The van der Waals surface area contributed by atoms with E-state index in [1.165, 1.54) is 12.1 Å². The van der Waals surface area contributed by atoms with Gasteiger partial charge in [0.05, 0.1) is 23.9 Å². The van der Waals surface area contributed by atoms with Crippen LogP contribution in [0.1, 0.15) is 43.7 Å². The summed E-state index contributed by atoms with van der Waals surface area (Å²) in [6.45, 7) is 4.36. The summed E-state index contributed by atoms with van der Waals surface area (Å²) >= 11 is 0. The zero-order chi connectivity index (χ0) is 17.9. The fraction of sp³-hybridized carbons (Fsp3) is 0.400. The smallest absolute Gasteiger partial charge is 0.235 e. The number of hydrogen-bond acceptors (Lipinski definition) is 3. The van der Waals surface area contributed by atoms with E-state index in [9.17, 15) is 9.18 Å². The fourth-order valence-corrected chi connectivity index (χ4v) is 3.56. The number of carbonyl (C=O) groups excluding carboxylic acids is 1. The Kier molecular flexibility index (Phi) is 5.02. The van der Waals surface area contributed by atoms with Gasteiger partial charge in [-0.25, -0.2) is 9.37 Å². The Bertz CT molecular complexity index is 753. The number of benzene rings is 1. The number of halogens is 1. The van der Waals surface area contributed by atoms with E-state index < -0.39 is 5.41 Å². The molecule has 1 fully saturated rings. The lowest BCUT2D eigenvalue weighted by Crippen LogP contribution is -2.38. The highest BCUT2D eigenvalue weighted by molar-refractivity contribution is 5.99. The van der Waals surface area contributed by atoms with Gasteiger partial charge in [0.2, 0.25) is 11.8 Å². The van der Waals surface area contributed by atoms with E-state index in [1.54, 1.807) is 18.3 Å². The van der Waals surface area contributed by atoms with Gasteiger partial charge in [-0.05, 0) is 50.5 Å². The Hall–Kier alpha value is -2.43. The van der Waals surface area contributed by atoms with Crippen molar-refractivity contribution in [1.29, 1.82) is 0 Å². The molecule has 0 radical (unpaired) electrons. The monoisotopic (exact) mass is 342 g/mol. The largest absolute Gasteiger partial charge is 0.478 e. The summed E-state index contributed by atoms with van der Waals surface area (Å²) in [5.41, 5.74) is 1.81. The first-order chi connectivity index (χ1) is 12.0. The molecule has 1 aliphatic rings. The molecule has 1 N–H and O–H groups in total. The minimum atomic E-state index is -0.597. The average Bonchev–Trinajstić information content (AvgIpc) is 3.09. The second-order valence-corrected chi connectivity index (χ2v) is 6.53. The highest BCUT2D eigenvalue weighted by Gasteiger charge is 2.42. The van der Waals surface area contributed by atoms with Crippen LogP contribution >= 0.6 is 0 Å². The van der Waals surface area contributed by atoms with Gasteiger partial charge in [-0.3, -0.25) is 4.79 Å². The summed E-state index contributed by atoms with van der Waals surface area (Å²) in [4.78, 5) is 17.3. The Balaban J connectivity index is 1.84. The Morgan fingerprint density at radius 3 is 2.56 bits per heavy atom. The first-order valence-corrected chi connectivity index (χ1v) is 8.72. The number of aromatic nitrogens is 1. The molecule has 1 aromatic carbocycles. The van der Waals surface area contributed by atoms with Crippen LogP contribution in [0, 0.1) is 12.7 Å². The quantitative estimate of drug-likeness (QED) is 0.877. The molecular formula is C20H23FN2O2. The number of hydrogen-bond donors (Lipinski definition) is 1. The van der Waals surface area contributed by atoms with Gasteiger partial charge in [-0.15, -0.1) is 0 Å². The van der Waals surface area contributed by atoms with Crippen molar-refractivity contribution >= 4 is 11.6 Å². The van der Waals surface area contributed by atoms with E-state index >= 15 is 0 Å². The van der Waals surface area contributed by atoms with E-state index in [4.69, 9.17) is 4.74 Å². The first kappa shape index (κ1) is 17.4. The van der Waals surface area contributed by atoms with E-state index in [2.05, 4.69) is 10.3 Å². The van der Waals surface area contributed by atoms with Gasteiger partial charge < -0.3 is 10.1 Å². The Morgan fingerprint density at radius 2 is 1.96 bits per heavy atom. The molecule has 0 unspecified atom stereocenters. The predicted molar refractivity (Wildman–Crippen MR) is 95.3 cm³/mol. The first-order valence-electron chi connectivity index (χ1n) is 8.72. The maximum absolute atomic E-state index is 13.3. The summed E-state index contributed by atoms with van der Waals surface area (Å²) in [5.74, 6) is 0.236. The van der Waals surface area contributed by atoms with Crippen molar-refractivity contribution in [2.45, 2.75) is 44.9 Å². The molecule has 1 saturated carbocycles. The molecule has 4 nitrogen and oxygen atoms in total. The SMILES string of the molecule is CCOc1ncc(NC(=O)C2(c3ccc(F)cc3)CCCC2)cc1C. The predicted octanol–water partition coefficient (Wildman–Crippen LogP) is 4.38. The van der Waals surface area contributed by atoms with Crippen molar-refractivity contribution in [2.24, 2.45) is 0 Å². The zero-order valence-corrected chi connectivity index (χ0v) is 14.6. The molecule has 0 saturated heterocycles. The molecule has 0 bridgehead atoms. The van der Waals surface area contributed by atoms with Crippen LogP contribution in [-0.2, 0) is 10.2 Å². The van der Waals surface area contributed by atoms with Crippen LogP contribution in [0.15, 0.2) is 36.5 Å². The number of aryl methyl sites for hydroxylation is 1. The molecule has 1 heterocycles. The maximum Gasteiger partial charge on any atom is 0.235 e. The van der Waals surface area contributed by atoms with E-state index in [0.29, 0.717) is 18.2 Å². The summed E-state index contributed by atoms with van der Waals surface area (Å²) in [7, 11) is 0. The molecular weight excluding hydrogens is 319 g/mol. The average molecular weight is 342 g/mol. The molecule has 0 aliphatic heterocycles. The van der Waals surface area contributed by atoms with E-state index in [0.717, 1.165) is 36.8 Å². The molecule has 2 aromatic rings. The van der Waals surface area contributed by atoms with Crippen LogP contribution < -0.4 is 10.1 Å². The highest BCUT2D eigenvalue weighted by atomic mass is 19.1. The Labute approximate surface area is 147 Å². The van der Waals surface area contributed by atoms with E-state index in [1.807, 2.05) is 19.9 Å². The van der Waals surface area contributed by atoms with Crippen molar-refractivity contribution in [3.05, 3.63) is 53.5 Å².